The Balaban J connectivity index is 1.79. The van der Waals surface area contributed by atoms with Gasteiger partial charge in [-0.2, -0.15) is 0 Å². The van der Waals surface area contributed by atoms with Crippen molar-refractivity contribution in [1.82, 2.24) is 9.88 Å². The number of aromatic nitrogens is 1. The molecule has 0 bridgehead atoms. The van der Waals surface area contributed by atoms with Crippen molar-refractivity contribution in [3.05, 3.63) is 69.9 Å². The minimum absolute atomic E-state index is 0.0431. The SMILES string of the molecule is Cc1ccc(CN(Cc2ccco2)C(=O)c2ccc(OC(C)C)nc2)s1. The fourth-order valence-corrected chi connectivity index (χ4v) is 3.46. The second-order valence-corrected chi connectivity index (χ2v) is 7.68. The lowest BCUT2D eigenvalue weighted by atomic mass is 10.2. The predicted molar refractivity (Wildman–Crippen MR) is 101 cm³/mol. The highest BCUT2D eigenvalue weighted by molar-refractivity contribution is 7.11. The topological polar surface area (TPSA) is 55.6 Å². The summed E-state index contributed by atoms with van der Waals surface area (Å²) in [6.45, 7) is 6.88. The van der Waals surface area contributed by atoms with Crippen molar-refractivity contribution in [1.29, 1.82) is 0 Å². The van der Waals surface area contributed by atoms with E-state index in [2.05, 4.69) is 24.0 Å². The number of rotatable bonds is 7. The van der Waals surface area contributed by atoms with Gasteiger partial charge >= 0.3 is 0 Å². The number of carbonyl (C=O) groups is 1. The third kappa shape index (κ3) is 4.73. The lowest BCUT2D eigenvalue weighted by Crippen LogP contribution is -2.29. The van der Waals surface area contributed by atoms with Crippen molar-refractivity contribution in [2.75, 3.05) is 0 Å². The van der Waals surface area contributed by atoms with Crippen LogP contribution in [0.4, 0.5) is 0 Å². The van der Waals surface area contributed by atoms with Gasteiger partial charge in [-0.3, -0.25) is 4.79 Å². The highest BCUT2D eigenvalue weighted by Gasteiger charge is 2.19. The number of nitrogens with zero attached hydrogens (tertiary/aromatic N) is 2. The molecule has 0 aliphatic carbocycles. The van der Waals surface area contributed by atoms with Crippen LogP contribution in [-0.4, -0.2) is 21.9 Å². The molecule has 3 aromatic rings. The molecule has 1 amide bonds. The average molecular weight is 370 g/mol. The first-order valence-corrected chi connectivity index (χ1v) is 9.32. The Morgan fingerprint density at radius 3 is 2.65 bits per heavy atom. The van der Waals surface area contributed by atoms with Gasteiger partial charge < -0.3 is 14.1 Å². The van der Waals surface area contributed by atoms with E-state index in [1.165, 1.54) is 4.88 Å². The molecule has 0 atom stereocenters. The maximum absolute atomic E-state index is 13.0. The lowest BCUT2D eigenvalue weighted by molar-refractivity contribution is 0.0719. The minimum Gasteiger partial charge on any atom is -0.475 e. The summed E-state index contributed by atoms with van der Waals surface area (Å²) < 4.78 is 11.0. The average Bonchev–Trinajstić information content (AvgIpc) is 3.26. The molecule has 3 aromatic heterocycles. The molecular weight excluding hydrogens is 348 g/mol. The summed E-state index contributed by atoms with van der Waals surface area (Å²) in [6, 6.07) is 11.3. The van der Waals surface area contributed by atoms with Crippen molar-refractivity contribution >= 4 is 17.2 Å². The number of pyridine rings is 1. The van der Waals surface area contributed by atoms with Gasteiger partial charge in [-0.05, 0) is 51.1 Å². The standard InChI is InChI=1S/C20H22N2O3S/c1-14(2)25-19-9-7-16(11-21-19)20(23)22(12-17-5-4-10-24-17)13-18-8-6-15(3)26-18/h4-11,14H,12-13H2,1-3H3. The molecule has 0 aliphatic rings. The van der Waals surface area contributed by atoms with E-state index >= 15 is 0 Å². The molecule has 6 heteroatoms. The first kappa shape index (κ1) is 18.2. The summed E-state index contributed by atoms with van der Waals surface area (Å²) >= 11 is 1.69. The molecule has 5 nitrogen and oxygen atoms in total. The van der Waals surface area contributed by atoms with E-state index in [0.29, 0.717) is 24.5 Å². The van der Waals surface area contributed by atoms with Gasteiger partial charge in [0, 0.05) is 22.0 Å². The van der Waals surface area contributed by atoms with E-state index < -0.39 is 0 Å². The van der Waals surface area contributed by atoms with Crippen LogP contribution in [0.2, 0.25) is 0 Å². The quantitative estimate of drug-likeness (QED) is 0.606. The van der Waals surface area contributed by atoms with Gasteiger partial charge in [0.2, 0.25) is 5.88 Å². The first-order valence-electron chi connectivity index (χ1n) is 8.51. The van der Waals surface area contributed by atoms with E-state index in [1.807, 2.05) is 26.0 Å². The van der Waals surface area contributed by atoms with Gasteiger partial charge in [-0.1, -0.05) is 0 Å². The van der Waals surface area contributed by atoms with Crippen LogP contribution in [0.3, 0.4) is 0 Å². The molecule has 0 saturated heterocycles. The molecule has 0 aromatic carbocycles. The summed E-state index contributed by atoms with van der Waals surface area (Å²) in [5, 5.41) is 0. The molecule has 3 rings (SSSR count). The number of hydrogen-bond acceptors (Lipinski definition) is 5. The third-order valence-corrected chi connectivity index (χ3v) is 4.68. The van der Waals surface area contributed by atoms with Crippen molar-refractivity contribution in [2.45, 2.75) is 40.0 Å². The zero-order chi connectivity index (χ0) is 18.5. The van der Waals surface area contributed by atoms with Crippen LogP contribution in [0, 0.1) is 6.92 Å². The van der Waals surface area contributed by atoms with E-state index in [4.69, 9.17) is 9.15 Å². The largest absolute Gasteiger partial charge is 0.475 e. The Kier molecular flexibility index (Phi) is 5.73. The summed E-state index contributed by atoms with van der Waals surface area (Å²) in [5.41, 5.74) is 0.529. The summed E-state index contributed by atoms with van der Waals surface area (Å²) in [4.78, 5) is 21.4. The fraction of sp³-hybridized carbons (Fsp3) is 0.300. The van der Waals surface area contributed by atoms with Gasteiger partial charge in [-0.15, -0.1) is 11.3 Å². The zero-order valence-corrected chi connectivity index (χ0v) is 16.0. The summed E-state index contributed by atoms with van der Waals surface area (Å²) in [5.74, 6) is 1.18. The van der Waals surface area contributed by atoms with Gasteiger partial charge in [0.15, 0.2) is 0 Å². The number of amides is 1. The predicted octanol–water partition coefficient (Wildman–Crippen LogP) is 4.67. The van der Waals surface area contributed by atoms with Crippen LogP contribution in [0.5, 0.6) is 5.88 Å². The first-order chi connectivity index (χ1) is 12.5. The summed E-state index contributed by atoms with van der Waals surface area (Å²) in [7, 11) is 0. The van der Waals surface area contributed by atoms with E-state index in [0.717, 1.165) is 10.6 Å². The Labute approximate surface area is 157 Å². The molecule has 0 spiro atoms. The highest BCUT2D eigenvalue weighted by atomic mass is 32.1. The molecule has 0 unspecified atom stereocenters. The van der Waals surface area contributed by atoms with Crippen molar-refractivity contribution in [3.63, 3.8) is 0 Å². The van der Waals surface area contributed by atoms with E-state index in [1.54, 1.807) is 40.8 Å². The van der Waals surface area contributed by atoms with Gasteiger partial charge in [0.05, 0.1) is 31.0 Å². The van der Waals surface area contributed by atoms with Crippen LogP contribution < -0.4 is 4.74 Å². The minimum atomic E-state index is -0.0870. The highest BCUT2D eigenvalue weighted by Crippen LogP contribution is 2.21. The van der Waals surface area contributed by atoms with E-state index in [9.17, 15) is 4.79 Å². The number of furan rings is 1. The molecule has 0 radical (unpaired) electrons. The Bertz CT molecular complexity index is 838. The molecule has 26 heavy (non-hydrogen) atoms. The van der Waals surface area contributed by atoms with Crippen molar-refractivity contribution in [2.24, 2.45) is 0 Å². The summed E-state index contributed by atoms with van der Waals surface area (Å²) in [6.07, 6.45) is 3.23. The molecule has 136 valence electrons. The number of carbonyl (C=O) groups excluding carboxylic acids is 1. The van der Waals surface area contributed by atoms with Gasteiger partial charge in [0.25, 0.3) is 5.91 Å². The second kappa shape index (κ2) is 8.19. The monoisotopic (exact) mass is 370 g/mol. The number of thiophene rings is 1. The Hall–Kier alpha value is -2.60. The molecule has 0 N–H and O–H groups in total. The molecule has 3 heterocycles. The smallest absolute Gasteiger partial charge is 0.256 e. The molecule has 0 fully saturated rings. The van der Waals surface area contributed by atoms with Gasteiger partial charge in [0.1, 0.15) is 5.76 Å². The van der Waals surface area contributed by atoms with Crippen molar-refractivity contribution < 1.29 is 13.9 Å². The lowest BCUT2D eigenvalue weighted by Gasteiger charge is -2.21. The van der Waals surface area contributed by atoms with Crippen LogP contribution in [0.25, 0.3) is 0 Å². The van der Waals surface area contributed by atoms with Crippen molar-refractivity contribution in [3.8, 4) is 5.88 Å². The Morgan fingerprint density at radius 1 is 1.23 bits per heavy atom. The molecule has 0 aliphatic heterocycles. The maximum Gasteiger partial charge on any atom is 0.256 e. The molecular formula is C20H22N2O3S. The third-order valence-electron chi connectivity index (χ3n) is 3.70. The number of ether oxygens (including phenoxy) is 1. The second-order valence-electron chi connectivity index (χ2n) is 6.30. The number of hydrogen-bond donors (Lipinski definition) is 0. The van der Waals surface area contributed by atoms with Crippen LogP contribution in [0.1, 0.15) is 39.7 Å². The fourth-order valence-electron chi connectivity index (χ4n) is 2.55. The number of aryl methyl sites for hydroxylation is 1. The van der Waals surface area contributed by atoms with E-state index in [-0.39, 0.29) is 12.0 Å². The molecule has 0 saturated carbocycles. The van der Waals surface area contributed by atoms with Crippen LogP contribution in [0.15, 0.2) is 53.3 Å². The van der Waals surface area contributed by atoms with Gasteiger partial charge in [-0.25, -0.2) is 4.98 Å². The normalized spacial score (nSPS) is 10.9. The Morgan fingerprint density at radius 2 is 2.08 bits per heavy atom. The van der Waals surface area contributed by atoms with Crippen LogP contribution in [-0.2, 0) is 13.1 Å². The zero-order valence-electron chi connectivity index (χ0n) is 15.1. The maximum atomic E-state index is 13.0. The van der Waals surface area contributed by atoms with Crippen LogP contribution >= 0.6 is 11.3 Å².